The fraction of sp³-hybridized carbons (Fsp3) is 0.0811. The Morgan fingerprint density at radius 2 is 0.800 bits per heavy atom. The lowest BCUT2D eigenvalue weighted by atomic mass is 9.65. The van der Waals surface area contributed by atoms with Crippen molar-refractivity contribution in [2.75, 3.05) is 4.90 Å². The van der Waals surface area contributed by atoms with Crippen LogP contribution in [0.5, 0.6) is 0 Å². The first kappa shape index (κ1) is 43.5. The van der Waals surface area contributed by atoms with Gasteiger partial charge in [-0.05, 0) is 168 Å². The molecule has 0 heterocycles. The van der Waals surface area contributed by atoms with Crippen LogP contribution < -0.4 is 4.90 Å². The van der Waals surface area contributed by atoms with Crippen LogP contribution in [0.2, 0.25) is 0 Å². The summed E-state index contributed by atoms with van der Waals surface area (Å²) in [5.74, 6) is 0. The summed E-state index contributed by atoms with van der Waals surface area (Å²) in [6.45, 7) is 4.42. The minimum Gasteiger partial charge on any atom is -0.310 e. The number of rotatable bonds is 6. The SMILES string of the molecule is Cc1ccc2c3c(ccc2c1)C1(c2ccccc2-c2cc(-c4ccc(N(c5ccccc5)c5cccc6c5-c5ccccc5C6(c5ccccc5)c5ccccc5)cc4)ccc21)c1ccc2cc(C)ccc2c1CC3. The normalized spacial score (nSPS) is 14.1. The standard InChI is InChI=1S/C74H53N/c1-48-29-38-58-52(45-48)34-43-67-61(58)40-41-62-59-39-30-49(2)46-53(59)35-44-68(62)74(67)65-25-14-12-23-60(65)64-47-51(33-42-69(64)74)50-31-36-57(37-32-50)75(56-21-10-5-11-22-56)71-28-16-27-70-72(71)63-24-13-15-26-66(63)73(70,54-17-6-3-7-18-54)55-19-8-4-9-20-55/h3-39,42-47H,40-41H2,1-2H3. The molecule has 0 radical (unpaired) electrons. The molecule has 0 unspecified atom stereocenters. The number of benzene rings is 12. The largest absolute Gasteiger partial charge is 0.310 e. The van der Waals surface area contributed by atoms with Gasteiger partial charge in [0.1, 0.15) is 0 Å². The minimum absolute atomic E-state index is 0.489. The number of para-hydroxylation sites is 1. The Labute approximate surface area is 439 Å². The summed E-state index contributed by atoms with van der Waals surface area (Å²) in [5, 5.41) is 5.38. The second-order valence-electron chi connectivity index (χ2n) is 21.1. The second kappa shape index (κ2) is 16.7. The van der Waals surface area contributed by atoms with E-state index in [0.29, 0.717) is 0 Å². The van der Waals surface area contributed by atoms with Gasteiger partial charge in [-0.3, -0.25) is 0 Å². The maximum atomic E-state index is 2.49. The van der Waals surface area contributed by atoms with Gasteiger partial charge in [-0.2, -0.15) is 0 Å². The Morgan fingerprint density at radius 1 is 0.320 bits per heavy atom. The van der Waals surface area contributed by atoms with Gasteiger partial charge in [0.15, 0.2) is 0 Å². The van der Waals surface area contributed by atoms with Crippen LogP contribution in [0.15, 0.2) is 261 Å². The summed E-state index contributed by atoms with van der Waals surface area (Å²) in [4.78, 5) is 2.46. The van der Waals surface area contributed by atoms with E-state index in [1.807, 2.05) is 0 Å². The van der Waals surface area contributed by atoms with Gasteiger partial charge >= 0.3 is 0 Å². The third-order valence-electron chi connectivity index (χ3n) is 17.2. The molecule has 15 rings (SSSR count). The van der Waals surface area contributed by atoms with E-state index in [1.54, 1.807) is 0 Å². The highest BCUT2D eigenvalue weighted by atomic mass is 15.1. The van der Waals surface area contributed by atoms with Crippen molar-refractivity contribution < 1.29 is 0 Å². The van der Waals surface area contributed by atoms with Crippen LogP contribution in [0.3, 0.4) is 0 Å². The van der Waals surface area contributed by atoms with Crippen LogP contribution in [0, 0.1) is 13.8 Å². The summed E-state index contributed by atoms with van der Waals surface area (Å²) < 4.78 is 0. The molecule has 12 aromatic carbocycles. The molecule has 0 aromatic heterocycles. The van der Waals surface area contributed by atoms with Gasteiger partial charge in [-0.25, -0.2) is 0 Å². The van der Waals surface area contributed by atoms with Gasteiger partial charge in [-0.1, -0.05) is 236 Å². The monoisotopic (exact) mass is 955 g/mol. The van der Waals surface area contributed by atoms with E-state index in [1.165, 1.54) is 122 Å². The van der Waals surface area contributed by atoms with Gasteiger partial charge < -0.3 is 4.90 Å². The Morgan fingerprint density at radius 3 is 1.41 bits per heavy atom. The molecule has 0 amide bonds. The lowest BCUT2D eigenvalue weighted by Gasteiger charge is -2.36. The third-order valence-corrected chi connectivity index (χ3v) is 17.2. The van der Waals surface area contributed by atoms with E-state index in [9.17, 15) is 0 Å². The molecule has 0 fully saturated rings. The van der Waals surface area contributed by atoms with Crippen molar-refractivity contribution in [2.24, 2.45) is 0 Å². The van der Waals surface area contributed by atoms with Crippen molar-refractivity contribution in [2.45, 2.75) is 37.5 Å². The predicted octanol–water partition coefficient (Wildman–Crippen LogP) is 18.6. The highest BCUT2D eigenvalue weighted by Crippen LogP contribution is 2.62. The van der Waals surface area contributed by atoms with Crippen molar-refractivity contribution in [3.8, 4) is 33.4 Å². The van der Waals surface area contributed by atoms with Gasteiger partial charge in [0.05, 0.1) is 16.5 Å². The first-order valence-corrected chi connectivity index (χ1v) is 26.6. The van der Waals surface area contributed by atoms with Crippen molar-refractivity contribution in [1.82, 2.24) is 0 Å². The molecular formula is C74H53N. The molecule has 1 nitrogen and oxygen atoms in total. The molecule has 0 N–H and O–H groups in total. The summed E-state index contributed by atoms with van der Waals surface area (Å²) in [5.41, 5.74) is 26.1. The van der Waals surface area contributed by atoms with Crippen LogP contribution in [0.25, 0.3) is 54.9 Å². The molecule has 3 aliphatic carbocycles. The summed E-state index contributed by atoms with van der Waals surface area (Å²) in [6, 6.07) is 98.8. The molecule has 0 bridgehead atoms. The van der Waals surface area contributed by atoms with Crippen molar-refractivity contribution >= 4 is 38.6 Å². The highest BCUT2D eigenvalue weighted by Gasteiger charge is 2.50. The number of fused-ring (bicyclic) bond motifs is 16. The number of hydrogen-bond donors (Lipinski definition) is 0. The molecule has 354 valence electrons. The average molecular weight is 956 g/mol. The molecule has 0 atom stereocenters. The first-order chi connectivity index (χ1) is 37.0. The fourth-order valence-corrected chi connectivity index (χ4v) is 14.2. The third kappa shape index (κ3) is 6.25. The van der Waals surface area contributed by atoms with E-state index in [0.717, 1.165) is 29.9 Å². The summed E-state index contributed by atoms with van der Waals surface area (Å²) in [7, 11) is 0. The molecule has 0 aliphatic heterocycles. The lowest BCUT2D eigenvalue weighted by molar-refractivity contribution is 0.765. The maximum Gasteiger partial charge on any atom is 0.0719 e. The summed E-state index contributed by atoms with van der Waals surface area (Å²) >= 11 is 0. The van der Waals surface area contributed by atoms with Crippen LogP contribution in [0.1, 0.15) is 66.8 Å². The molecular weight excluding hydrogens is 903 g/mol. The Bertz CT molecular complexity index is 4110. The van der Waals surface area contributed by atoms with Crippen molar-refractivity contribution in [3.05, 3.63) is 328 Å². The van der Waals surface area contributed by atoms with Gasteiger partial charge in [0.25, 0.3) is 0 Å². The first-order valence-electron chi connectivity index (χ1n) is 26.6. The van der Waals surface area contributed by atoms with E-state index in [2.05, 4.69) is 280 Å². The molecule has 12 aromatic rings. The second-order valence-corrected chi connectivity index (χ2v) is 21.1. The zero-order chi connectivity index (χ0) is 49.8. The lowest BCUT2D eigenvalue weighted by Crippen LogP contribution is -2.30. The number of hydrogen-bond acceptors (Lipinski definition) is 1. The smallest absolute Gasteiger partial charge is 0.0719 e. The van der Waals surface area contributed by atoms with Crippen LogP contribution >= 0.6 is 0 Å². The maximum absolute atomic E-state index is 2.49. The van der Waals surface area contributed by atoms with Crippen LogP contribution in [-0.4, -0.2) is 0 Å². The zero-order valence-electron chi connectivity index (χ0n) is 42.2. The molecule has 1 spiro atoms. The minimum atomic E-state index is -0.498. The van der Waals surface area contributed by atoms with Gasteiger partial charge in [-0.15, -0.1) is 0 Å². The van der Waals surface area contributed by atoms with E-state index in [-0.39, 0.29) is 0 Å². The summed E-state index contributed by atoms with van der Waals surface area (Å²) in [6.07, 6.45) is 1.97. The fourth-order valence-electron chi connectivity index (χ4n) is 14.2. The van der Waals surface area contributed by atoms with Gasteiger partial charge in [0.2, 0.25) is 0 Å². The molecule has 0 saturated carbocycles. The van der Waals surface area contributed by atoms with Crippen LogP contribution in [-0.2, 0) is 23.7 Å². The average Bonchev–Trinajstić information content (AvgIpc) is 3.87. The van der Waals surface area contributed by atoms with Gasteiger partial charge in [0, 0.05) is 16.9 Å². The molecule has 0 saturated heterocycles. The number of aryl methyl sites for hydroxylation is 4. The van der Waals surface area contributed by atoms with E-state index >= 15 is 0 Å². The zero-order valence-corrected chi connectivity index (χ0v) is 42.2. The Hall–Kier alpha value is -9.04. The Kier molecular flexibility index (Phi) is 9.72. The number of nitrogens with zero attached hydrogens (tertiary/aromatic N) is 1. The highest BCUT2D eigenvalue weighted by molar-refractivity contribution is 5.99. The van der Waals surface area contributed by atoms with E-state index in [4.69, 9.17) is 0 Å². The van der Waals surface area contributed by atoms with Crippen LogP contribution in [0.4, 0.5) is 17.1 Å². The molecule has 1 heteroatoms. The van der Waals surface area contributed by atoms with Crippen molar-refractivity contribution in [1.29, 1.82) is 0 Å². The molecule has 3 aliphatic rings. The molecule has 75 heavy (non-hydrogen) atoms. The topological polar surface area (TPSA) is 3.24 Å². The van der Waals surface area contributed by atoms with Crippen molar-refractivity contribution in [3.63, 3.8) is 0 Å². The predicted molar refractivity (Wildman–Crippen MR) is 313 cm³/mol. The number of anilines is 3. The quantitative estimate of drug-likeness (QED) is 0.161. The Balaban J connectivity index is 0.901. The van der Waals surface area contributed by atoms with E-state index < -0.39 is 10.8 Å².